The zero-order valence-electron chi connectivity index (χ0n) is 12.0. The molecular formula is C16H18ClN3. The predicted molar refractivity (Wildman–Crippen MR) is 85.8 cm³/mol. The van der Waals surface area contributed by atoms with Gasteiger partial charge in [-0.15, -0.1) is 0 Å². The summed E-state index contributed by atoms with van der Waals surface area (Å²) in [7, 11) is 4.02. The molecule has 0 aliphatic heterocycles. The monoisotopic (exact) mass is 287 g/mol. The maximum Gasteiger partial charge on any atom is 0.0860 e. The van der Waals surface area contributed by atoms with Crippen molar-refractivity contribution < 1.29 is 0 Å². The average molecular weight is 288 g/mol. The van der Waals surface area contributed by atoms with Crippen molar-refractivity contribution in [2.24, 2.45) is 10.2 Å². The van der Waals surface area contributed by atoms with Crippen LogP contribution in [-0.4, -0.2) is 14.1 Å². The van der Waals surface area contributed by atoms with Crippen molar-refractivity contribution in [1.82, 2.24) is 0 Å². The molecule has 0 heterocycles. The standard InChI is InChI=1S/C16H18ClN3/c1-4-12-11-14(7-10-16(12)17)19-18-13-5-8-15(9-6-13)20(2)3/h5-11H,4H2,1-3H3. The molecule has 0 unspecified atom stereocenters. The summed E-state index contributed by atoms with van der Waals surface area (Å²) in [5.41, 5.74) is 3.89. The van der Waals surface area contributed by atoms with E-state index in [9.17, 15) is 0 Å². The minimum Gasteiger partial charge on any atom is -0.378 e. The summed E-state index contributed by atoms with van der Waals surface area (Å²) in [6.07, 6.45) is 0.889. The predicted octanol–water partition coefficient (Wildman–Crippen LogP) is 5.38. The average Bonchev–Trinajstić information content (AvgIpc) is 2.46. The summed E-state index contributed by atoms with van der Waals surface area (Å²) in [6.45, 7) is 2.07. The largest absolute Gasteiger partial charge is 0.378 e. The van der Waals surface area contributed by atoms with Crippen molar-refractivity contribution in [3.05, 3.63) is 53.1 Å². The van der Waals surface area contributed by atoms with Crippen molar-refractivity contribution in [3.8, 4) is 0 Å². The van der Waals surface area contributed by atoms with Crippen LogP contribution in [0.5, 0.6) is 0 Å². The van der Waals surface area contributed by atoms with Crippen LogP contribution in [0.1, 0.15) is 12.5 Å². The van der Waals surface area contributed by atoms with Crippen LogP contribution in [0, 0.1) is 0 Å². The van der Waals surface area contributed by atoms with Crippen LogP contribution >= 0.6 is 11.6 Å². The molecule has 4 heteroatoms. The summed E-state index contributed by atoms with van der Waals surface area (Å²) in [5.74, 6) is 0. The molecule has 2 aromatic carbocycles. The third-order valence-corrected chi connectivity index (χ3v) is 3.43. The molecule has 0 N–H and O–H groups in total. The lowest BCUT2D eigenvalue weighted by Gasteiger charge is -2.11. The van der Waals surface area contributed by atoms with Crippen molar-refractivity contribution in [3.63, 3.8) is 0 Å². The Labute approximate surface area is 124 Å². The maximum atomic E-state index is 6.08. The van der Waals surface area contributed by atoms with Gasteiger partial charge in [0.15, 0.2) is 0 Å². The van der Waals surface area contributed by atoms with Crippen LogP contribution in [0.15, 0.2) is 52.7 Å². The second kappa shape index (κ2) is 6.53. The van der Waals surface area contributed by atoms with E-state index in [4.69, 9.17) is 11.6 Å². The summed E-state index contributed by atoms with van der Waals surface area (Å²) in [6, 6.07) is 13.7. The molecule has 0 aromatic heterocycles. The van der Waals surface area contributed by atoms with Crippen LogP contribution in [0.2, 0.25) is 5.02 Å². The van der Waals surface area contributed by atoms with E-state index in [1.165, 1.54) is 0 Å². The molecule has 0 aliphatic rings. The second-order valence-electron chi connectivity index (χ2n) is 4.74. The van der Waals surface area contributed by atoms with Gasteiger partial charge in [-0.25, -0.2) is 0 Å². The Morgan fingerprint density at radius 1 is 0.950 bits per heavy atom. The quantitative estimate of drug-likeness (QED) is 0.693. The summed E-state index contributed by atoms with van der Waals surface area (Å²) in [4.78, 5) is 2.05. The normalized spacial score (nSPS) is 11.0. The Kier molecular flexibility index (Phi) is 4.74. The number of hydrogen-bond donors (Lipinski definition) is 0. The third-order valence-electron chi connectivity index (χ3n) is 3.06. The summed E-state index contributed by atoms with van der Waals surface area (Å²) >= 11 is 6.08. The van der Waals surface area contributed by atoms with Gasteiger partial charge in [-0.05, 0) is 54.4 Å². The molecule has 2 aromatic rings. The van der Waals surface area contributed by atoms with E-state index in [-0.39, 0.29) is 0 Å². The molecule has 0 radical (unpaired) electrons. The van der Waals surface area contributed by atoms with Gasteiger partial charge in [0, 0.05) is 24.8 Å². The van der Waals surface area contributed by atoms with Crippen molar-refractivity contribution in [1.29, 1.82) is 0 Å². The lowest BCUT2D eigenvalue weighted by atomic mass is 10.1. The first-order chi connectivity index (χ1) is 9.60. The fourth-order valence-electron chi connectivity index (χ4n) is 1.83. The molecule has 0 bridgehead atoms. The van der Waals surface area contributed by atoms with Crippen LogP contribution in [0.25, 0.3) is 0 Å². The second-order valence-corrected chi connectivity index (χ2v) is 5.15. The Bertz CT molecular complexity index is 604. The molecule has 0 fully saturated rings. The third kappa shape index (κ3) is 3.58. The highest BCUT2D eigenvalue weighted by atomic mass is 35.5. The lowest BCUT2D eigenvalue weighted by molar-refractivity contribution is 1.12. The van der Waals surface area contributed by atoms with Gasteiger partial charge in [0.1, 0.15) is 0 Å². The maximum absolute atomic E-state index is 6.08. The highest BCUT2D eigenvalue weighted by Gasteiger charge is 2.00. The van der Waals surface area contributed by atoms with E-state index in [2.05, 4.69) is 17.2 Å². The lowest BCUT2D eigenvalue weighted by Crippen LogP contribution is -2.07. The number of hydrogen-bond acceptors (Lipinski definition) is 3. The van der Waals surface area contributed by atoms with E-state index in [1.807, 2.05) is 61.5 Å². The molecule has 104 valence electrons. The first-order valence-electron chi connectivity index (χ1n) is 6.57. The van der Waals surface area contributed by atoms with Crippen molar-refractivity contribution >= 4 is 28.7 Å². The molecule has 0 aliphatic carbocycles. The minimum atomic E-state index is 0.779. The first kappa shape index (κ1) is 14.5. The molecule has 3 nitrogen and oxygen atoms in total. The summed E-state index contributed by atoms with van der Waals surface area (Å²) < 4.78 is 0. The smallest absolute Gasteiger partial charge is 0.0860 e. The van der Waals surface area contributed by atoms with Gasteiger partial charge in [-0.2, -0.15) is 10.2 Å². The molecule has 0 saturated heterocycles. The molecule has 0 amide bonds. The molecule has 0 atom stereocenters. The number of nitrogens with zero attached hydrogens (tertiary/aromatic N) is 3. The van der Waals surface area contributed by atoms with Gasteiger partial charge < -0.3 is 4.90 Å². The molecule has 0 spiro atoms. The van der Waals surface area contributed by atoms with Gasteiger partial charge in [-0.3, -0.25) is 0 Å². The number of halogens is 1. The Hall–Kier alpha value is -1.87. The van der Waals surface area contributed by atoms with Crippen LogP contribution < -0.4 is 4.90 Å². The molecular weight excluding hydrogens is 270 g/mol. The van der Waals surface area contributed by atoms with Crippen LogP contribution in [-0.2, 0) is 6.42 Å². The van der Waals surface area contributed by atoms with Gasteiger partial charge in [0.2, 0.25) is 0 Å². The number of aryl methyl sites for hydroxylation is 1. The van der Waals surface area contributed by atoms with Gasteiger partial charge in [0.25, 0.3) is 0 Å². The summed E-state index contributed by atoms with van der Waals surface area (Å²) in [5, 5.41) is 9.28. The Balaban J connectivity index is 2.16. The van der Waals surface area contributed by atoms with Gasteiger partial charge in [-0.1, -0.05) is 18.5 Å². The van der Waals surface area contributed by atoms with E-state index in [1.54, 1.807) is 0 Å². The van der Waals surface area contributed by atoms with Crippen molar-refractivity contribution in [2.75, 3.05) is 19.0 Å². The zero-order chi connectivity index (χ0) is 14.5. The topological polar surface area (TPSA) is 28.0 Å². The number of rotatable bonds is 4. The van der Waals surface area contributed by atoms with E-state index >= 15 is 0 Å². The van der Waals surface area contributed by atoms with E-state index in [0.717, 1.165) is 34.1 Å². The number of anilines is 1. The SMILES string of the molecule is CCc1cc(N=Nc2ccc(N(C)C)cc2)ccc1Cl. The Morgan fingerprint density at radius 2 is 1.55 bits per heavy atom. The van der Waals surface area contributed by atoms with E-state index < -0.39 is 0 Å². The van der Waals surface area contributed by atoms with E-state index in [0.29, 0.717) is 0 Å². The Morgan fingerprint density at radius 3 is 2.15 bits per heavy atom. The fraction of sp³-hybridized carbons (Fsp3) is 0.250. The fourth-order valence-corrected chi connectivity index (χ4v) is 2.08. The van der Waals surface area contributed by atoms with Crippen LogP contribution in [0.3, 0.4) is 0 Å². The van der Waals surface area contributed by atoms with Gasteiger partial charge >= 0.3 is 0 Å². The molecule has 0 saturated carbocycles. The zero-order valence-corrected chi connectivity index (χ0v) is 12.7. The van der Waals surface area contributed by atoms with Crippen LogP contribution in [0.4, 0.5) is 17.1 Å². The van der Waals surface area contributed by atoms with Gasteiger partial charge in [0.05, 0.1) is 11.4 Å². The highest BCUT2D eigenvalue weighted by Crippen LogP contribution is 2.25. The molecule has 2 rings (SSSR count). The number of benzene rings is 2. The minimum absolute atomic E-state index is 0.779. The number of azo groups is 1. The highest BCUT2D eigenvalue weighted by molar-refractivity contribution is 6.31. The molecule has 20 heavy (non-hydrogen) atoms. The first-order valence-corrected chi connectivity index (χ1v) is 6.95. The van der Waals surface area contributed by atoms with Crippen molar-refractivity contribution in [2.45, 2.75) is 13.3 Å².